The van der Waals surface area contributed by atoms with Crippen molar-refractivity contribution in [2.24, 2.45) is 4.99 Å². The van der Waals surface area contributed by atoms with Crippen molar-refractivity contribution in [2.45, 2.75) is 25.0 Å². The number of amides is 1. The Morgan fingerprint density at radius 1 is 0.735 bits per heavy atom. The van der Waals surface area contributed by atoms with Crippen molar-refractivity contribution in [1.29, 1.82) is 0 Å². The molecular weight excluding hydrogens is 418 g/mol. The summed E-state index contributed by atoms with van der Waals surface area (Å²) in [6.45, 7) is 2.09. The van der Waals surface area contributed by atoms with Crippen LogP contribution in [0.15, 0.2) is 126 Å². The molecule has 168 valence electrons. The van der Waals surface area contributed by atoms with E-state index in [1.165, 1.54) is 0 Å². The molecule has 1 heterocycles. The van der Waals surface area contributed by atoms with Gasteiger partial charge >= 0.3 is 0 Å². The number of hydrogen-bond donors (Lipinski definition) is 1. The first-order valence-corrected chi connectivity index (χ1v) is 11.6. The molecule has 0 saturated heterocycles. The summed E-state index contributed by atoms with van der Waals surface area (Å²) < 4.78 is 0. The van der Waals surface area contributed by atoms with Crippen molar-refractivity contribution in [1.82, 2.24) is 10.2 Å². The van der Waals surface area contributed by atoms with Crippen LogP contribution < -0.4 is 5.32 Å². The summed E-state index contributed by atoms with van der Waals surface area (Å²) in [6, 6.07) is 39.5. The van der Waals surface area contributed by atoms with Crippen LogP contribution in [-0.2, 0) is 0 Å². The predicted molar refractivity (Wildman–Crippen MR) is 136 cm³/mol. The number of carbonyl (C=O) groups excluding carboxylic acids is 1. The second-order valence-corrected chi connectivity index (χ2v) is 8.48. The Bertz CT molecular complexity index is 1260. The van der Waals surface area contributed by atoms with Gasteiger partial charge in [-0.3, -0.25) is 9.69 Å². The average molecular weight is 446 g/mol. The third-order valence-corrected chi connectivity index (χ3v) is 6.23. The number of nitrogens with one attached hydrogen (secondary N) is 1. The lowest BCUT2D eigenvalue weighted by Gasteiger charge is -2.30. The fourth-order valence-electron chi connectivity index (χ4n) is 4.49. The largest absolute Gasteiger partial charge is 0.349 e. The zero-order valence-electron chi connectivity index (χ0n) is 19.1. The second-order valence-electron chi connectivity index (χ2n) is 8.48. The number of hydrogen-bond acceptors (Lipinski definition) is 3. The fraction of sp³-hybridized carbons (Fsp3) is 0.133. The molecule has 4 aromatic rings. The van der Waals surface area contributed by atoms with E-state index in [4.69, 9.17) is 4.99 Å². The van der Waals surface area contributed by atoms with Gasteiger partial charge in [-0.05, 0) is 35.7 Å². The predicted octanol–water partition coefficient (Wildman–Crippen LogP) is 6.33. The Balaban J connectivity index is 1.61. The average Bonchev–Trinajstić information content (AvgIpc) is 3.29. The van der Waals surface area contributed by atoms with E-state index in [2.05, 4.69) is 48.6 Å². The maximum absolute atomic E-state index is 13.9. The molecule has 0 saturated carbocycles. The summed E-state index contributed by atoms with van der Waals surface area (Å²) in [4.78, 5) is 20.9. The number of guanidine groups is 1. The van der Waals surface area contributed by atoms with Crippen LogP contribution in [-0.4, -0.2) is 16.8 Å². The highest BCUT2D eigenvalue weighted by atomic mass is 16.2. The first-order valence-electron chi connectivity index (χ1n) is 11.6. The van der Waals surface area contributed by atoms with E-state index in [0.717, 1.165) is 16.7 Å². The van der Waals surface area contributed by atoms with Crippen LogP contribution in [0.4, 0.5) is 0 Å². The molecule has 1 aliphatic heterocycles. The van der Waals surface area contributed by atoms with E-state index >= 15 is 0 Å². The maximum Gasteiger partial charge on any atom is 0.261 e. The van der Waals surface area contributed by atoms with Crippen molar-refractivity contribution < 1.29 is 4.79 Å². The van der Waals surface area contributed by atoms with Gasteiger partial charge < -0.3 is 5.32 Å². The SMILES string of the molecule is C[C@H](NC1=N[C@@H](c2ccccc2)[C@H](c2ccccc2)N1C(=O)c1ccccc1)c1ccccc1. The highest BCUT2D eigenvalue weighted by Crippen LogP contribution is 2.42. The maximum atomic E-state index is 13.9. The molecule has 1 amide bonds. The highest BCUT2D eigenvalue weighted by Gasteiger charge is 2.42. The zero-order chi connectivity index (χ0) is 23.3. The molecule has 4 heteroatoms. The summed E-state index contributed by atoms with van der Waals surface area (Å²) in [5.74, 6) is 0.521. The number of carbonyl (C=O) groups is 1. The monoisotopic (exact) mass is 445 g/mol. The lowest BCUT2D eigenvalue weighted by atomic mass is 9.93. The van der Waals surface area contributed by atoms with Gasteiger partial charge in [-0.1, -0.05) is 109 Å². The second kappa shape index (κ2) is 9.75. The van der Waals surface area contributed by atoms with E-state index in [9.17, 15) is 4.79 Å². The van der Waals surface area contributed by atoms with Crippen LogP contribution >= 0.6 is 0 Å². The molecule has 1 N–H and O–H groups in total. The molecule has 34 heavy (non-hydrogen) atoms. The number of nitrogens with zero attached hydrogens (tertiary/aromatic N) is 2. The molecule has 0 aromatic heterocycles. The lowest BCUT2D eigenvalue weighted by molar-refractivity contribution is 0.0799. The van der Waals surface area contributed by atoms with Gasteiger partial charge in [0.05, 0.1) is 12.1 Å². The Kier molecular flexibility index (Phi) is 6.21. The summed E-state index contributed by atoms with van der Waals surface area (Å²) >= 11 is 0. The van der Waals surface area contributed by atoms with E-state index in [1.807, 2.05) is 89.8 Å². The normalized spacial score (nSPS) is 18.3. The van der Waals surface area contributed by atoms with Crippen molar-refractivity contribution in [2.75, 3.05) is 0 Å². The smallest absolute Gasteiger partial charge is 0.261 e. The summed E-state index contributed by atoms with van der Waals surface area (Å²) in [5, 5.41) is 3.55. The van der Waals surface area contributed by atoms with Gasteiger partial charge in [0.25, 0.3) is 5.91 Å². The van der Waals surface area contributed by atoms with E-state index in [-0.39, 0.29) is 24.0 Å². The summed E-state index contributed by atoms with van der Waals surface area (Å²) in [5.41, 5.74) is 3.90. The molecule has 0 spiro atoms. The molecule has 5 rings (SSSR count). The van der Waals surface area contributed by atoms with Gasteiger partial charge in [0.2, 0.25) is 5.96 Å². The quantitative estimate of drug-likeness (QED) is 0.390. The summed E-state index contributed by atoms with van der Waals surface area (Å²) in [7, 11) is 0. The van der Waals surface area contributed by atoms with Crippen LogP contribution in [0.3, 0.4) is 0 Å². The third-order valence-electron chi connectivity index (χ3n) is 6.23. The van der Waals surface area contributed by atoms with Gasteiger partial charge in [0.15, 0.2) is 0 Å². The number of aliphatic imine (C=N–C) groups is 1. The minimum Gasteiger partial charge on any atom is -0.349 e. The molecule has 4 nitrogen and oxygen atoms in total. The van der Waals surface area contributed by atoms with Crippen LogP contribution in [0.1, 0.15) is 52.1 Å². The zero-order valence-corrected chi connectivity index (χ0v) is 19.1. The van der Waals surface area contributed by atoms with Crippen LogP contribution in [0.25, 0.3) is 0 Å². The van der Waals surface area contributed by atoms with Gasteiger partial charge in [-0.25, -0.2) is 4.99 Å². The Hall–Kier alpha value is -4.18. The van der Waals surface area contributed by atoms with Crippen molar-refractivity contribution in [3.05, 3.63) is 144 Å². The molecule has 0 radical (unpaired) electrons. The first kappa shape index (κ1) is 21.7. The minimum absolute atomic E-state index is 0.0167. The number of rotatable bonds is 5. The van der Waals surface area contributed by atoms with Crippen LogP contribution in [0, 0.1) is 0 Å². The molecule has 1 aliphatic rings. The third kappa shape index (κ3) is 4.35. The van der Waals surface area contributed by atoms with Gasteiger partial charge in [0.1, 0.15) is 6.04 Å². The molecule has 0 fully saturated rings. The van der Waals surface area contributed by atoms with E-state index < -0.39 is 0 Å². The Morgan fingerprint density at radius 2 is 1.24 bits per heavy atom. The van der Waals surface area contributed by atoms with Gasteiger partial charge in [0, 0.05) is 5.56 Å². The fourth-order valence-corrected chi connectivity index (χ4v) is 4.49. The molecule has 3 atom stereocenters. The molecule has 0 bridgehead atoms. The topological polar surface area (TPSA) is 44.7 Å². The first-order chi connectivity index (χ1) is 16.7. The molecule has 0 aliphatic carbocycles. The summed E-state index contributed by atoms with van der Waals surface area (Å²) in [6.07, 6.45) is 0. The Labute approximate surface area is 200 Å². The molecule has 4 aromatic carbocycles. The van der Waals surface area contributed by atoms with Crippen LogP contribution in [0.2, 0.25) is 0 Å². The lowest BCUT2D eigenvalue weighted by Crippen LogP contribution is -2.44. The van der Waals surface area contributed by atoms with Crippen molar-refractivity contribution in [3.63, 3.8) is 0 Å². The minimum atomic E-state index is -0.262. The molecular formula is C30H27N3O. The van der Waals surface area contributed by atoms with Gasteiger partial charge in [-0.15, -0.1) is 0 Å². The van der Waals surface area contributed by atoms with Crippen molar-refractivity contribution in [3.8, 4) is 0 Å². The number of benzene rings is 4. The van der Waals surface area contributed by atoms with Crippen molar-refractivity contribution >= 4 is 11.9 Å². The highest BCUT2D eigenvalue weighted by molar-refractivity contribution is 6.07. The van der Waals surface area contributed by atoms with Gasteiger partial charge in [-0.2, -0.15) is 0 Å². The standard InChI is InChI=1S/C30H27N3O/c1-22(23-14-6-2-7-15-23)31-30-32-27(24-16-8-3-9-17-24)28(25-18-10-4-11-19-25)33(30)29(34)26-20-12-5-13-21-26/h2-22,27-28H,1H3,(H,31,32)/t22-,27-,28-/m0/s1. The van der Waals surface area contributed by atoms with E-state index in [1.54, 1.807) is 0 Å². The Morgan fingerprint density at radius 3 is 1.82 bits per heavy atom. The molecule has 0 unspecified atom stereocenters. The van der Waals surface area contributed by atoms with E-state index in [0.29, 0.717) is 11.5 Å². The van der Waals surface area contributed by atoms with Crippen LogP contribution in [0.5, 0.6) is 0 Å².